The second-order valence-corrected chi connectivity index (χ2v) is 8.26. The number of hydrogen-bond acceptors (Lipinski definition) is 6. The van der Waals surface area contributed by atoms with E-state index in [0.29, 0.717) is 0 Å². The summed E-state index contributed by atoms with van der Waals surface area (Å²) in [4.78, 5) is 32.4. The van der Waals surface area contributed by atoms with Crippen LogP contribution in [0.4, 0.5) is 5.69 Å². The molecule has 1 aliphatic heterocycles. The van der Waals surface area contributed by atoms with Gasteiger partial charge in [0.25, 0.3) is 5.91 Å². The molecule has 138 valence electrons. The minimum Gasteiger partial charge on any atom is -0.448 e. The maximum atomic E-state index is 12.9. The van der Waals surface area contributed by atoms with Gasteiger partial charge in [-0.25, -0.2) is 9.78 Å². The summed E-state index contributed by atoms with van der Waals surface area (Å²) >= 11 is 2.96. The number of rotatable bonds is 4. The van der Waals surface area contributed by atoms with Crippen molar-refractivity contribution in [3.05, 3.63) is 58.4 Å². The third kappa shape index (κ3) is 3.40. The SMILES string of the molecule is C[C@@H](OC(=O)c1csc(-c2cccs2)n1)C(=O)N1c2ccccc2C[C@@H]1C. The number of thiophene rings is 1. The molecule has 3 aromatic rings. The standard InChI is InChI=1S/C20H18N2O3S2/c1-12-10-14-6-3-4-7-16(14)22(12)19(23)13(2)25-20(24)15-11-27-18(21-15)17-8-5-9-26-17/h3-9,11-13H,10H2,1-2H3/t12-,13+/m0/s1. The molecule has 27 heavy (non-hydrogen) atoms. The lowest BCUT2D eigenvalue weighted by Crippen LogP contribution is -2.43. The highest BCUT2D eigenvalue weighted by Gasteiger charge is 2.34. The fourth-order valence-corrected chi connectivity index (χ4v) is 4.85. The van der Waals surface area contributed by atoms with E-state index in [1.807, 2.05) is 48.7 Å². The first-order valence-corrected chi connectivity index (χ1v) is 10.4. The third-order valence-corrected chi connectivity index (χ3v) is 6.40. The summed E-state index contributed by atoms with van der Waals surface area (Å²) in [5, 5.41) is 4.41. The van der Waals surface area contributed by atoms with Crippen molar-refractivity contribution in [1.29, 1.82) is 0 Å². The van der Waals surface area contributed by atoms with Gasteiger partial charge in [-0.1, -0.05) is 24.3 Å². The van der Waals surface area contributed by atoms with Crippen molar-refractivity contribution in [2.75, 3.05) is 4.90 Å². The van der Waals surface area contributed by atoms with E-state index in [9.17, 15) is 9.59 Å². The van der Waals surface area contributed by atoms with Gasteiger partial charge >= 0.3 is 5.97 Å². The van der Waals surface area contributed by atoms with Crippen LogP contribution in [0.25, 0.3) is 9.88 Å². The zero-order chi connectivity index (χ0) is 19.0. The first kappa shape index (κ1) is 17.9. The van der Waals surface area contributed by atoms with E-state index in [0.717, 1.165) is 27.6 Å². The number of carbonyl (C=O) groups excluding carboxylic acids is 2. The Labute approximate surface area is 165 Å². The number of fused-ring (bicyclic) bond motifs is 1. The number of anilines is 1. The van der Waals surface area contributed by atoms with Gasteiger partial charge in [-0.05, 0) is 43.3 Å². The molecular weight excluding hydrogens is 380 g/mol. The highest BCUT2D eigenvalue weighted by Crippen LogP contribution is 2.33. The predicted octanol–water partition coefficient (Wildman–Crippen LogP) is 4.39. The summed E-state index contributed by atoms with van der Waals surface area (Å²) in [5.41, 5.74) is 2.27. The molecule has 0 fully saturated rings. The van der Waals surface area contributed by atoms with E-state index >= 15 is 0 Å². The van der Waals surface area contributed by atoms with Crippen LogP contribution in [0.1, 0.15) is 29.9 Å². The molecule has 1 aliphatic rings. The molecule has 4 rings (SSSR count). The Kier molecular flexibility index (Phi) is 4.80. The van der Waals surface area contributed by atoms with E-state index in [2.05, 4.69) is 4.98 Å². The topological polar surface area (TPSA) is 59.5 Å². The van der Waals surface area contributed by atoms with Crippen LogP contribution in [0.5, 0.6) is 0 Å². The van der Waals surface area contributed by atoms with E-state index in [1.54, 1.807) is 28.5 Å². The number of thiazole rings is 1. The Morgan fingerprint density at radius 2 is 2.04 bits per heavy atom. The summed E-state index contributed by atoms with van der Waals surface area (Å²) in [6.07, 6.45) is -0.0725. The molecule has 0 saturated heterocycles. The Morgan fingerprint density at radius 3 is 2.81 bits per heavy atom. The lowest BCUT2D eigenvalue weighted by Gasteiger charge is -2.25. The molecule has 7 heteroatoms. The minimum atomic E-state index is -0.877. The molecule has 1 amide bonds. The molecule has 0 spiro atoms. The molecule has 0 unspecified atom stereocenters. The maximum Gasteiger partial charge on any atom is 0.358 e. The number of aromatic nitrogens is 1. The number of carbonyl (C=O) groups is 2. The zero-order valence-corrected chi connectivity index (χ0v) is 16.5. The highest BCUT2D eigenvalue weighted by molar-refractivity contribution is 7.20. The van der Waals surface area contributed by atoms with Crippen LogP contribution in [-0.2, 0) is 16.0 Å². The number of nitrogens with zero attached hydrogens (tertiary/aromatic N) is 2. The average molecular weight is 399 g/mol. The van der Waals surface area contributed by atoms with E-state index in [4.69, 9.17) is 4.74 Å². The van der Waals surface area contributed by atoms with Crippen LogP contribution in [0, 0.1) is 0 Å². The maximum absolute atomic E-state index is 12.9. The number of para-hydroxylation sites is 1. The smallest absolute Gasteiger partial charge is 0.358 e. The Hall–Kier alpha value is -2.51. The summed E-state index contributed by atoms with van der Waals surface area (Å²) in [7, 11) is 0. The van der Waals surface area contributed by atoms with Crippen molar-refractivity contribution >= 4 is 40.2 Å². The van der Waals surface area contributed by atoms with Crippen molar-refractivity contribution < 1.29 is 14.3 Å². The van der Waals surface area contributed by atoms with Gasteiger partial charge in [-0.15, -0.1) is 22.7 Å². The Bertz CT molecular complexity index is 981. The highest BCUT2D eigenvalue weighted by atomic mass is 32.1. The first-order chi connectivity index (χ1) is 13.0. The van der Waals surface area contributed by atoms with E-state index < -0.39 is 12.1 Å². The predicted molar refractivity (Wildman–Crippen MR) is 107 cm³/mol. The minimum absolute atomic E-state index is 0.0424. The van der Waals surface area contributed by atoms with Crippen LogP contribution in [0.3, 0.4) is 0 Å². The summed E-state index contributed by atoms with van der Waals surface area (Å²) < 4.78 is 5.42. The van der Waals surface area contributed by atoms with Gasteiger partial charge in [0.05, 0.1) is 4.88 Å². The lowest BCUT2D eigenvalue weighted by atomic mass is 10.1. The normalized spacial score (nSPS) is 16.8. The molecule has 3 heterocycles. The second kappa shape index (κ2) is 7.25. The van der Waals surface area contributed by atoms with Gasteiger partial charge in [0, 0.05) is 17.1 Å². The monoisotopic (exact) mass is 398 g/mol. The van der Waals surface area contributed by atoms with Gasteiger partial charge in [0.1, 0.15) is 5.01 Å². The average Bonchev–Trinajstić information content (AvgIpc) is 3.39. The molecule has 0 saturated carbocycles. The second-order valence-electron chi connectivity index (χ2n) is 6.45. The van der Waals surface area contributed by atoms with Crippen molar-refractivity contribution in [3.8, 4) is 9.88 Å². The molecule has 2 atom stereocenters. The number of ether oxygens (including phenoxy) is 1. The molecular formula is C20H18N2O3S2. The largest absolute Gasteiger partial charge is 0.448 e. The summed E-state index contributed by atoms with van der Waals surface area (Å²) in [5.74, 6) is -0.787. The van der Waals surface area contributed by atoms with Gasteiger partial charge in [0.15, 0.2) is 11.8 Å². The molecule has 0 aliphatic carbocycles. The van der Waals surface area contributed by atoms with Crippen LogP contribution in [-0.4, -0.2) is 29.0 Å². The fraction of sp³-hybridized carbons (Fsp3) is 0.250. The number of esters is 1. The quantitative estimate of drug-likeness (QED) is 0.612. The van der Waals surface area contributed by atoms with Gasteiger partial charge in [-0.3, -0.25) is 4.79 Å². The van der Waals surface area contributed by atoms with E-state index in [1.165, 1.54) is 11.3 Å². The van der Waals surface area contributed by atoms with Gasteiger partial charge < -0.3 is 9.64 Å². The van der Waals surface area contributed by atoms with E-state index in [-0.39, 0.29) is 17.6 Å². The summed E-state index contributed by atoms with van der Waals surface area (Å²) in [6.45, 7) is 3.61. The first-order valence-electron chi connectivity index (χ1n) is 8.66. The van der Waals surface area contributed by atoms with Crippen molar-refractivity contribution in [2.24, 2.45) is 0 Å². The van der Waals surface area contributed by atoms with Crippen LogP contribution in [0.2, 0.25) is 0 Å². The molecule has 2 aromatic heterocycles. The fourth-order valence-electron chi connectivity index (χ4n) is 3.25. The zero-order valence-electron chi connectivity index (χ0n) is 14.9. The lowest BCUT2D eigenvalue weighted by molar-refractivity contribution is -0.126. The summed E-state index contributed by atoms with van der Waals surface area (Å²) in [6, 6.07) is 11.8. The molecule has 0 bridgehead atoms. The van der Waals surface area contributed by atoms with Crippen LogP contribution >= 0.6 is 22.7 Å². The van der Waals surface area contributed by atoms with Gasteiger partial charge in [-0.2, -0.15) is 0 Å². The molecule has 1 aromatic carbocycles. The van der Waals surface area contributed by atoms with Crippen LogP contribution in [0.15, 0.2) is 47.2 Å². The molecule has 0 N–H and O–H groups in total. The number of hydrogen-bond donors (Lipinski definition) is 0. The van der Waals surface area contributed by atoms with Crippen molar-refractivity contribution in [1.82, 2.24) is 4.98 Å². The number of benzene rings is 1. The number of amides is 1. The Morgan fingerprint density at radius 1 is 1.22 bits per heavy atom. The Balaban J connectivity index is 1.47. The third-order valence-electron chi connectivity index (χ3n) is 4.52. The van der Waals surface area contributed by atoms with Crippen LogP contribution < -0.4 is 4.90 Å². The van der Waals surface area contributed by atoms with Crippen molar-refractivity contribution in [2.45, 2.75) is 32.4 Å². The van der Waals surface area contributed by atoms with Gasteiger partial charge in [0.2, 0.25) is 0 Å². The molecule has 0 radical (unpaired) electrons. The van der Waals surface area contributed by atoms with Crippen molar-refractivity contribution in [3.63, 3.8) is 0 Å². The molecule has 5 nitrogen and oxygen atoms in total.